The maximum Gasteiger partial charge on any atom is 0.223 e. The molecule has 0 saturated heterocycles. The molecule has 2 rings (SSSR count). The zero-order valence-corrected chi connectivity index (χ0v) is 14.8. The summed E-state index contributed by atoms with van der Waals surface area (Å²) in [5, 5.41) is 3.06. The predicted octanol–water partition coefficient (Wildman–Crippen LogP) is 2.40. The van der Waals surface area contributed by atoms with E-state index >= 15 is 0 Å². The Kier molecular flexibility index (Phi) is 7.53. The standard InChI is InChI=1S/C19H30N2O3/c1-3-23-9-10-24-18-11-14(2)7-8-16(18)13-21-19(22)17-6-4-5-15(17)12-20/h7-8,11,15,17H,3-6,9-10,12-13,20H2,1-2H3,(H,21,22)/t15-,17-/m1/s1. The molecule has 0 aromatic heterocycles. The fourth-order valence-corrected chi connectivity index (χ4v) is 3.27. The van der Waals surface area contributed by atoms with Crippen LogP contribution in [0.5, 0.6) is 5.75 Å². The third kappa shape index (κ3) is 5.21. The molecular weight excluding hydrogens is 304 g/mol. The molecule has 1 amide bonds. The molecule has 24 heavy (non-hydrogen) atoms. The molecule has 2 atom stereocenters. The first-order valence-electron chi connectivity index (χ1n) is 8.93. The van der Waals surface area contributed by atoms with Crippen molar-refractivity contribution in [2.45, 2.75) is 39.7 Å². The summed E-state index contributed by atoms with van der Waals surface area (Å²) in [6.07, 6.45) is 3.10. The van der Waals surface area contributed by atoms with Crippen LogP contribution in [0, 0.1) is 18.8 Å². The molecule has 0 radical (unpaired) electrons. The van der Waals surface area contributed by atoms with Crippen molar-refractivity contribution in [2.75, 3.05) is 26.4 Å². The molecular formula is C19H30N2O3. The number of rotatable bonds is 9. The van der Waals surface area contributed by atoms with E-state index in [-0.39, 0.29) is 11.8 Å². The van der Waals surface area contributed by atoms with Gasteiger partial charge in [0, 0.05) is 24.6 Å². The lowest BCUT2D eigenvalue weighted by Gasteiger charge is -2.18. The summed E-state index contributed by atoms with van der Waals surface area (Å²) in [6.45, 7) is 6.83. The molecule has 5 nitrogen and oxygen atoms in total. The number of ether oxygens (including phenoxy) is 2. The van der Waals surface area contributed by atoms with Gasteiger partial charge in [0.2, 0.25) is 5.91 Å². The van der Waals surface area contributed by atoms with Crippen LogP contribution < -0.4 is 15.8 Å². The summed E-state index contributed by atoms with van der Waals surface area (Å²) in [5.74, 6) is 1.31. The SMILES string of the molecule is CCOCCOc1cc(C)ccc1CNC(=O)[C@@H]1CCC[C@@H]1CN. The first kappa shape index (κ1) is 18.7. The van der Waals surface area contributed by atoms with Gasteiger partial charge in [-0.15, -0.1) is 0 Å². The number of nitrogens with one attached hydrogen (secondary N) is 1. The summed E-state index contributed by atoms with van der Waals surface area (Å²) < 4.78 is 11.1. The van der Waals surface area contributed by atoms with Gasteiger partial charge in [-0.1, -0.05) is 18.6 Å². The van der Waals surface area contributed by atoms with Crippen molar-refractivity contribution in [3.05, 3.63) is 29.3 Å². The fourth-order valence-electron chi connectivity index (χ4n) is 3.27. The normalized spacial score (nSPS) is 20.1. The minimum absolute atomic E-state index is 0.0581. The summed E-state index contributed by atoms with van der Waals surface area (Å²) in [4.78, 5) is 12.4. The Balaban J connectivity index is 1.92. The second-order valence-corrected chi connectivity index (χ2v) is 6.41. The average molecular weight is 334 g/mol. The van der Waals surface area contributed by atoms with E-state index in [1.807, 2.05) is 32.0 Å². The second-order valence-electron chi connectivity index (χ2n) is 6.41. The van der Waals surface area contributed by atoms with Crippen LogP contribution >= 0.6 is 0 Å². The third-order valence-electron chi connectivity index (χ3n) is 4.66. The molecule has 0 aliphatic heterocycles. The second kappa shape index (κ2) is 9.64. The van der Waals surface area contributed by atoms with E-state index in [2.05, 4.69) is 5.32 Å². The first-order valence-corrected chi connectivity index (χ1v) is 8.93. The highest BCUT2D eigenvalue weighted by Gasteiger charge is 2.31. The van der Waals surface area contributed by atoms with Crippen LogP contribution in [-0.4, -0.2) is 32.3 Å². The molecule has 1 aliphatic rings. The summed E-state index contributed by atoms with van der Waals surface area (Å²) in [7, 11) is 0. The summed E-state index contributed by atoms with van der Waals surface area (Å²) >= 11 is 0. The van der Waals surface area contributed by atoms with Gasteiger partial charge in [0.15, 0.2) is 0 Å². The van der Waals surface area contributed by atoms with E-state index in [1.165, 1.54) is 0 Å². The number of benzene rings is 1. The van der Waals surface area contributed by atoms with Gasteiger partial charge >= 0.3 is 0 Å². The van der Waals surface area contributed by atoms with Gasteiger partial charge in [-0.25, -0.2) is 0 Å². The summed E-state index contributed by atoms with van der Waals surface area (Å²) in [6, 6.07) is 6.06. The Bertz CT molecular complexity index is 533. The lowest BCUT2D eigenvalue weighted by atomic mass is 9.95. The smallest absolute Gasteiger partial charge is 0.223 e. The van der Waals surface area contributed by atoms with Crippen molar-refractivity contribution >= 4 is 5.91 Å². The molecule has 0 bridgehead atoms. The molecule has 0 heterocycles. The van der Waals surface area contributed by atoms with Crippen molar-refractivity contribution in [1.82, 2.24) is 5.32 Å². The van der Waals surface area contributed by atoms with E-state index in [4.69, 9.17) is 15.2 Å². The Morgan fingerprint density at radius 1 is 1.33 bits per heavy atom. The zero-order valence-electron chi connectivity index (χ0n) is 14.8. The van der Waals surface area contributed by atoms with Crippen molar-refractivity contribution < 1.29 is 14.3 Å². The Labute approximate surface area is 144 Å². The maximum atomic E-state index is 12.4. The fraction of sp³-hybridized carbons (Fsp3) is 0.632. The van der Waals surface area contributed by atoms with Crippen molar-refractivity contribution in [3.8, 4) is 5.75 Å². The predicted molar refractivity (Wildman–Crippen MR) is 94.9 cm³/mol. The lowest BCUT2D eigenvalue weighted by molar-refractivity contribution is -0.126. The minimum Gasteiger partial charge on any atom is -0.491 e. The van der Waals surface area contributed by atoms with Gasteiger partial charge in [0.1, 0.15) is 12.4 Å². The van der Waals surface area contributed by atoms with E-state index < -0.39 is 0 Å². The Hall–Kier alpha value is -1.59. The van der Waals surface area contributed by atoms with E-state index in [9.17, 15) is 4.79 Å². The molecule has 5 heteroatoms. The number of hydrogen-bond acceptors (Lipinski definition) is 4. The van der Waals surface area contributed by atoms with Gasteiger partial charge in [-0.05, 0) is 50.8 Å². The highest BCUT2D eigenvalue weighted by molar-refractivity contribution is 5.79. The van der Waals surface area contributed by atoms with Crippen LogP contribution in [0.3, 0.4) is 0 Å². The van der Waals surface area contributed by atoms with Crippen molar-refractivity contribution in [2.24, 2.45) is 17.6 Å². The van der Waals surface area contributed by atoms with Gasteiger partial charge in [0.05, 0.1) is 6.61 Å². The van der Waals surface area contributed by atoms with Gasteiger partial charge in [-0.2, -0.15) is 0 Å². The zero-order chi connectivity index (χ0) is 17.4. The number of amides is 1. The van der Waals surface area contributed by atoms with Crippen LogP contribution in [0.15, 0.2) is 18.2 Å². The van der Waals surface area contributed by atoms with E-state index in [0.29, 0.717) is 38.8 Å². The minimum atomic E-state index is 0.0581. The maximum absolute atomic E-state index is 12.4. The Morgan fingerprint density at radius 3 is 2.92 bits per heavy atom. The topological polar surface area (TPSA) is 73.6 Å². The highest BCUT2D eigenvalue weighted by Crippen LogP contribution is 2.31. The molecule has 0 unspecified atom stereocenters. The average Bonchev–Trinajstić information content (AvgIpc) is 3.06. The quantitative estimate of drug-likeness (QED) is 0.680. The number of carbonyl (C=O) groups is 1. The van der Waals surface area contributed by atoms with Crippen LogP contribution in [0.4, 0.5) is 0 Å². The number of nitrogens with two attached hydrogens (primary N) is 1. The van der Waals surface area contributed by atoms with E-state index in [1.54, 1.807) is 0 Å². The van der Waals surface area contributed by atoms with Crippen LogP contribution in [0.25, 0.3) is 0 Å². The van der Waals surface area contributed by atoms with E-state index in [0.717, 1.165) is 36.1 Å². The van der Waals surface area contributed by atoms with Crippen molar-refractivity contribution in [3.63, 3.8) is 0 Å². The third-order valence-corrected chi connectivity index (χ3v) is 4.66. The molecule has 1 fully saturated rings. The molecule has 0 spiro atoms. The number of carbonyl (C=O) groups excluding carboxylic acids is 1. The van der Waals surface area contributed by atoms with Crippen molar-refractivity contribution in [1.29, 1.82) is 0 Å². The Morgan fingerprint density at radius 2 is 2.17 bits per heavy atom. The van der Waals surface area contributed by atoms with Crippen LogP contribution in [0.2, 0.25) is 0 Å². The molecule has 1 saturated carbocycles. The summed E-state index contributed by atoms with van der Waals surface area (Å²) in [5.41, 5.74) is 7.91. The van der Waals surface area contributed by atoms with Gasteiger partial charge in [0.25, 0.3) is 0 Å². The van der Waals surface area contributed by atoms with Crippen LogP contribution in [0.1, 0.15) is 37.3 Å². The molecule has 1 aromatic carbocycles. The number of hydrogen-bond donors (Lipinski definition) is 2. The molecule has 1 aromatic rings. The monoisotopic (exact) mass is 334 g/mol. The van der Waals surface area contributed by atoms with Crippen LogP contribution in [-0.2, 0) is 16.1 Å². The molecule has 134 valence electrons. The van der Waals surface area contributed by atoms with Gasteiger partial charge < -0.3 is 20.5 Å². The number of aryl methyl sites for hydroxylation is 1. The molecule has 1 aliphatic carbocycles. The molecule has 3 N–H and O–H groups in total. The van der Waals surface area contributed by atoms with Gasteiger partial charge in [-0.3, -0.25) is 4.79 Å². The largest absolute Gasteiger partial charge is 0.491 e. The first-order chi connectivity index (χ1) is 11.7. The highest BCUT2D eigenvalue weighted by atomic mass is 16.5. The lowest BCUT2D eigenvalue weighted by Crippen LogP contribution is -2.34.